The first-order valence-corrected chi connectivity index (χ1v) is 5.37. The van der Waals surface area contributed by atoms with Crippen molar-refractivity contribution in [3.63, 3.8) is 0 Å². The van der Waals surface area contributed by atoms with Gasteiger partial charge in [0.25, 0.3) is 0 Å². The molecule has 0 fully saturated rings. The van der Waals surface area contributed by atoms with Crippen LogP contribution in [-0.4, -0.2) is 12.3 Å². The predicted molar refractivity (Wildman–Crippen MR) is 64.9 cm³/mol. The number of hydrogen-bond donors (Lipinski definition) is 2. The van der Waals surface area contributed by atoms with Gasteiger partial charge in [0.05, 0.1) is 0 Å². The molecule has 2 heteroatoms. The maximum Gasteiger partial charge on any atom is 0.0340 e. The third-order valence-corrected chi connectivity index (χ3v) is 1.72. The summed E-state index contributed by atoms with van der Waals surface area (Å²) in [5, 5.41) is 3.25. The summed E-state index contributed by atoms with van der Waals surface area (Å²) >= 11 is 4.11. The summed E-state index contributed by atoms with van der Waals surface area (Å²) in [6.45, 7) is 7.01. The Bertz CT molecular complexity index is 206. The molecule has 74 valence electrons. The van der Waals surface area contributed by atoms with Gasteiger partial charge in [0.2, 0.25) is 0 Å². The highest BCUT2D eigenvalue weighted by Gasteiger charge is 1.87. The van der Waals surface area contributed by atoms with Crippen LogP contribution in [0.25, 0.3) is 0 Å². The van der Waals surface area contributed by atoms with Crippen LogP contribution in [0.2, 0.25) is 0 Å². The van der Waals surface area contributed by atoms with Crippen LogP contribution >= 0.6 is 12.6 Å². The zero-order valence-electron chi connectivity index (χ0n) is 8.67. The van der Waals surface area contributed by atoms with E-state index in [-0.39, 0.29) is 0 Å². The first-order chi connectivity index (χ1) is 6.33. The molecule has 0 aliphatic rings. The molecule has 0 heterocycles. The lowest BCUT2D eigenvalue weighted by molar-refractivity contribution is 1.23. The number of hydrogen-bond acceptors (Lipinski definition) is 2. The number of rotatable bonds is 3. The van der Waals surface area contributed by atoms with Crippen LogP contribution in [-0.2, 0) is 0 Å². The van der Waals surface area contributed by atoms with Gasteiger partial charge in [-0.05, 0) is 19.1 Å². The number of anilines is 1. The van der Waals surface area contributed by atoms with Crippen LogP contribution in [0.3, 0.4) is 0 Å². The molecule has 1 N–H and O–H groups in total. The summed E-state index contributed by atoms with van der Waals surface area (Å²) in [6, 6.07) is 8.36. The molecule has 0 aliphatic heterocycles. The highest BCUT2D eigenvalue weighted by molar-refractivity contribution is 7.80. The molecular formula is C11H19NS. The molecule has 1 rings (SSSR count). The van der Waals surface area contributed by atoms with Crippen LogP contribution in [0.15, 0.2) is 24.3 Å². The first kappa shape index (κ1) is 12.4. The Morgan fingerprint density at radius 2 is 1.69 bits per heavy atom. The van der Waals surface area contributed by atoms with Gasteiger partial charge in [0, 0.05) is 18.0 Å². The fourth-order valence-electron chi connectivity index (χ4n) is 0.872. The highest BCUT2D eigenvalue weighted by atomic mass is 32.1. The number of nitrogens with one attached hydrogen (secondary N) is 1. The van der Waals surface area contributed by atoms with Crippen LogP contribution < -0.4 is 5.32 Å². The monoisotopic (exact) mass is 197 g/mol. The van der Waals surface area contributed by atoms with E-state index in [9.17, 15) is 0 Å². The van der Waals surface area contributed by atoms with Crippen LogP contribution in [0.5, 0.6) is 0 Å². The molecule has 1 aromatic rings. The topological polar surface area (TPSA) is 12.0 Å². The van der Waals surface area contributed by atoms with Gasteiger partial charge >= 0.3 is 0 Å². The molecule has 0 aliphatic carbocycles. The standard InChI is InChI=1S/C9H13NS.C2H6/c1-8-2-4-9(5-3-8)10-6-7-11;1-2/h2-5,10-11H,6-7H2,1H3;1-2H3. The number of benzene rings is 1. The molecule has 1 aromatic carbocycles. The molecule has 0 saturated carbocycles. The van der Waals surface area contributed by atoms with Gasteiger partial charge < -0.3 is 5.32 Å². The minimum absolute atomic E-state index is 0.869. The van der Waals surface area contributed by atoms with Crippen molar-refractivity contribution in [3.8, 4) is 0 Å². The van der Waals surface area contributed by atoms with Gasteiger partial charge in [-0.3, -0.25) is 0 Å². The van der Waals surface area contributed by atoms with E-state index in [4.69, 9.17) is 0 Å². The zero-order chi connectivity index (χ0) is 10.1. The molecule has 0 unspecified atom stereocenters. The zero-order valence-corrected chi connectivity index (χ0v) is 9.57. The summed E-state index contributed by atoms with van der Waals surface area (Å²) in [5.41, 5.74) is 2.46. The van der Waals surface area contributed by atoms with Crippen LogP contribution in [0.4, 0.5) is 5.69 Å². The lowest BCUT2D eigenvalue weighted by Gasteiger charge is -2.03. The van der Waals surface area contributed by atoms with E-state index in [0.29, 0.717) is 0 Å². The normalized spacial score (nSPS) is 8.62. The summed E-state index contributed by atoms with van der Waals surface area (Å²) < 4.78 is 0. The Kier molecular flexibility index (Phi) is 7.60. The molecule has 0 amide bonds. The first-order valence-electron chi connectivity index (χ1n) is 4.74. The van der Waals surface area contributed by atoms with Gasteiger partial charge in [0.1, 0.15) is 0 Å². The van der Waals surface area contributed by atoms with Crippen molar-refractivity contribution < 1.29 is 0 Å². The largest absolute Gasteiger partial charge is 0.384 e. The summed E-state index contributed by atoms with van der Waals surface area (Å²) in [5.74, 6) is 0.869. The van der Waals surface area contributed by atoms with Crippen molar-refractivity contribution in [2.75, 3.05) is 17.6 Å². The Balaban J connectivity index is 0.000000671. The highest BCUT2D eigenvalue weighted by Crippen LogP contribution is 2.07. The van der Waals surface area contributed by atoms with E-state index in [1.807, 2.05) is 13.8 Å². The van der Waals surface area contributed by atoms with Gasteiger partial charge in [-0.15, -0.1) is 0 Å². The Labute approximate surface area is 87.0 Å². The van der Waals surface area contributed by atoms with Gasteiger partial charge in [-0.2, -0.15) is 12.6 Å². The molecule has 0 aromatic heterocycles. The van der Waals surface area contributed by atoms with Crippen LogP contribution in [0, 0.1) is 6.92 Å². The second-order valence-electron chi connectivity index (χ2n) is 2.52. The van der Waals surface area contributed by atoms with Gasteiger partial charge in [0.15, 0.2) is 0 Å². The molecule has 0 spiro atoms. The summed E-state index contributed by atoms with van der Waals surface area (Å²) in [7, 11) is 0. The quantitative estimate of drug-likeness (QED) is 0.708. The smallest absolute Gasteiger partial charge is 0.0340 e. The summed E-state index contributed by atoms with van der Waals surface area (Å²) in [4.78, 5) is 0. The SMILES string of the molecule is CC.Cc1ccc(NCCS)cc1. The van der Waals surface area contributed by atoms with Crippen molar-refractivity contribution in [2.24, 2.45) is 0 Å². The number of aryl methyl sites for hydroxylation is 1. The minimum Gasteiger partial charge on any atom is -0.384 e. The molecule has 0 radical (unpaired) electrons. The van der Waals surface area contributed by atoms with Crippen molar-refractivity contribution in [1.82, 2.24) is 0 Å². The average Bonchev–Trinajstić information content (AvgIpc) is 2.20. The molecule has 1 nitrogen and oxygen atoms in total. The third kappa shape index (κ3) is 5.58. The Morgan fingerprint density at radius 3 is 2.15 bits per heavy atom. The second-order valence-corrected chi connectivity index (χ2v) is 2.96. The van der Waals surface area contributed by atoms with Crippen molar-refractivity contribution >= 4 is 18.3 Å². The van der Waals surface area contributed by atoms with E-state index in [0.717, 1.165) is 12.3 Å². The minimum atomic E-state index is 0.869. The van der Waals surface area contributed by atoms with E-state index >= 15 is 0 Å². The molecule has 0 bridgehead atoms. The molecular weight excluding hydrogens is 178 g/mol. The van der Waals surface area contributed by atoms with Crippen molar-refractivity contribution in [3.05, 3.63) is 29.8 Å². The van der Waals surface area contributed by atoms with Crippen molar-refractivity contribution in [2.45, 2.75) is 20.8 Å². The third-order valence-electron chi connectivity index (χ3n) is 1.49. The lowest BCUT2D eigenvalue weighted by atomic mass is 10.2. The molecule has 13 heavy (non-hydrogen) atoms. The Morgan fingerprint density at radius 1 is 1.15 bits per heavy atom. The fraction of sp³-hybridized carbons (Fsp3) is 0.455. The molecule has 0 saturated heterocycles. The predicted octanol–water partition coefficient (Wildman–Crippen LogP) is 3.36. The van der Waals surface area contributed by atoms with E-state index < -0.39 is 0 Å². The van der Waals surface area contributed by atoms with Gasteiger partial charge in [-0.25, -0.2) is 0 Å². The van der Waals surface area contributed by atoms with E-state index in [1.165, 1.54) is 11.3 Å². The Hall–Kier alpha value is -0.630. The average molecular weight is 197 g/mol. The summed E-state index contributed by atoms with van der Waals surface area (Å²) in [6.07, 6.45) is 0. The van der Waals surface area contributed by atoms with Gasteiger partial charge in [-0.1, -0.05) is 31.5 Å². The van der Waals surface area contributed by atoms with Crippen LogP contribution in [0.1, 0.15) is 19.4 Å². The van der Waals surface area contributed by atoms with E-state index in [2.05, 4.69) is 49.1 Å². The maximum atomic E-state index is 4.11. The number of thiol groups is 1. The molecule has 0 atom stereocenters. The van der Waals surface area contributed by atoms with E-state index in [1.54, 1.807) is 0 Å². The lowest BCUT2D eigenvalue weighted by Crippen LogP contribution is -2.01. The second kappa shape index (κ2) is 7.99. The maximum absolute atomic E-state index is 4.11. The van der Waals surface area contributed by atoms with Crippen molar-refractivity contribution in [1.29, 1.82) is 0 Å². The fourth-order valence-corrected chi connectivity index (χ4v) is 0.983.